The summed E-state index contributed by atoms with van der Waals surface area (Å²) in [7, 11) is 0. The van der Waals surface area contributed by atoms with Crippen molar-refractivity contribution < 1.29 is 9.53 Å². The topological polar surface area (TPSA) is 38.3 Å². The molecule has 1 amide bonds. The minimum Gasteiger partial charge on any atom is -0.374 e. The van der Waals surface area contributed by atoms with E-state index in [0.717, 1.165) is 17.5 Å². The van der Waals surface area contributed by atoms with Crippen LogP contribution in [0.15, 0.2) is 24.3 Å². The predicted molar refractivity (Wildman–Crippen MR) is 77.7 cm³/mol. The third-order valence-electron chi connectivity index (χ3n) is 3.13. The molecule has 1 unspecified atom stereocenters. The fourth-order valence-corrected chi connectivity index (χ4v) is 1.57. The van der Waals surface area contributed by atoms with Gasteiger partial charge in [0.05, 0.1) is 12.7 Å². The van der Waals surface area contributed by atoms with E-state index in [4.69, 9.17) is 4.74 Å². The summed E-state index contributed by atoms with van der Waals surface area (Å²) in [5.74, 6) is 0.202. The monoisotopic (exact) mass is 263 g/mol. The molecule has 0 aliphatic heterocycles. The van der Waals surface area contributed by atoms with Gasteiger partial charge in [-0.15, -0.1) is 0 Å². The van der Waals surface area contributed by atoms with Crippen LogP contribution in [-0.4, -0.2) is 12.0 Å². The van der Waals surface area contributed by atoms with Gasteiger partial charge in [0.2, 0.25) is 5.91 Å². The van der Waals surface area contributed by atoms with Gasteiger partial charge in [0.25, 0.3) is 0 Å². The van der Waals surface area contributed by atoms with Crippen LogP contribution in [0, 0.1) is 5.92 Å². The van der Waals surface area contributed by atoms with Crippen LogP contribution < -0.4 is 5.32 Å². The van der Waals surface area contributed by atoms with Crippen molar-refractivity contribution in [3.63, 3.8) is 0 Å². The van der Waals surface area contributed by atoms with Crippen LogP contribution in [0.1, 0.15) is 45.2 Å². The molecule has 1 aromatic rings. The predicted octanol–water partition coefficient (Wildman–Crippen LogP) is 3.27. The molecule has 1 atom stereocenters. The van der Waals surface area contributed by atoms with Crippen LogP contribution in [0.4, 0.5) is 0 Å². The van der Waals surface area contributed by atoms with Gasteiger partial charge in [-0.25, -0.2) is 0 Å². The van der Waals surface area contributed by atoms with Gasteiger partial charge in [-0.1, -0.05) is 38.1 Å². The van der Waals surface area contributed by atoms with E-state index in [2.05, 4.69) is 5.32 Å². The van der Waals surface area contributed by atoms with Crippen molar-refractivity contribution in [3.8, 4) is 0 Å². The molecule has 1 rings (SSSR count). The van der Waals surface area contributed by atoms with Crippen molar-refractivity contribution in [2.45, 2.75) is 53.4 Å². The maximum absolute atomic E-state index is 11.7. The summed E-state index contributed by atoms with van der Waals surface area (Å²) in [5, 5.41) is 2.95. The number of benzene rings is 1. The molecule has 0 radical (unpaired) electrons. The Morgan fingerprint density at radius 3 is 2.26 bits per heavy atom. The summed E-state index contributed by atoms with van der Waals surface area (Å²) in [5.41, 5.74) is 2.27. The molecule has 0 spiro atoms. The second-order valence-corrected chi connectivity index (χ2v) is 5.20. The number of amides is 1. The number of carbonyl (C=O) groups is 1. The first kappa shape index (κ1) is 15.7. The highest BCUT2D eigenvalue weighted by atomic mass is 16.5. The second-order valence-electron chi connectivity index (χ2n) is 5.20. The molecule has 0 fully saturated rings. The van der Waals surface area contributed by atoms with Gasteiger partial charge < -0.3 is 10.1 Å². The highest BCUT2D eigenvalue weighted by molar-refractivity contribution is 5.78. The van der Waals surface area contributed by atoms with Crippen molar-refractivity contribution in [2.75, 3.05) is 0 Å². The summed E-state index contributed by atoms with van der Waals surface area (Å²) >= 11 is 0. The number of ether oxygens (including phenoxy) is 1. The first-order valence-corrected chi connectivity index (χ1v) is 7.00. The summed E-state index contributed by atoms with van der Waals surface area (Å²) < 4.78 is 5.54. The van der Waals surface area contributed by atoms with Gasteiger partial charge in [-0.2, -0.15) is 0 Å². The van der Waals surface area contributed by atoms with Crippen molar-refractivity contribution >= 4 is 5.91 Å². The average molecular weight is 263 g/mol. The van der Waals surface area contributed by atoms with Crippen LogP contribution in [-0.2, 0) is 22.7 Å². The highest BCUT2D eigenvalue weighted by Gasteiger charge is 2.09. The standard InChI is InChI=1S/C16H25NO2/c1-5-13(4)16(18)17-10-14-6-8-15(9-7-14)11-19-12(2)3/h6-9,12-13H,5,10-11H2,1-4H3,(H,17,18). The van der Waals surface area contributed by atoms with Crippen LogP contribution in [0.25, 0.3) is 0 Å². The van der Waals surface area contributed by atoms with E-state index in [1.54, 1.807) is 0 Å². The normalized spacial score (nSPS) is 12.5. The third-order valence-corrected chi connectivity index (χ3v) is 3.13. The molecule has 19 heavy (non-hydrogen) atoms. The molecule has 1 N–H and O–H groups in total. The Bertz CT molecular complexity index is 384. The first-order chi connectivity index (χ1) is 9.02. The van der Waals surface area contributed by atoms with Crippen LogP contribution in [0.3, 0.4) is 0 Å². The molecule has 3 nitrogen and oxygen atoms in total. The maximum atomic E-state index is 11.7. The van der Waals surface area contributed by atoms with Gasteiger partial charge >= 0.3 is 0 Å². The Kier molecular flexibility index (Phi) is 6.57. The lowest BCUT2D eigenvalue weighted by molar-refractivity contribution is -0.124. The van der Waals surface area contributed by atoms with Gasteiger partial charge in [-0.05, 0) is 31.4 Å². The summed E-state index contributed by atoms with van der Waals surface area (Å²) in [4.78, 5) is 11.7. The fraction of sp³-hybridized carbons (Fsp3) is 0.562. The Morgan fingerprint density at radius 2 is 1.74 bits per heavy atom. The molecule has 0 heterocycles. The molecule has 3 heteroatoms. The molecule has 0 saturated carbocycles. The molecule has 0 aliphatic carbocycles. The second kappa shape index (κ2) is 7.95. The molecule has 0 aromatic heterocycles. The lowest BCUT2D eigenvalue weighted by Gasteiger charge is -2.11. The lowest BCUT2D eigenvalue weighted by atomic mass is 10.1. The summed E-state index contributed by atoms with van der Waals surface area (Å²) in [6.07, 6.45) is 1.12. The van der Waals surface area contributed by atoms with Crippen molar-refractivity contribution in [3.05, 3.63) is 35.4 Å². The Morgan fingerprint density at radius 1 is 1.16 bits per heavy atom. The molecule has 0 aliphatic rings. The minimum atomic E-state index is 0.0821. The molecular weight excluding hydrogens is 238 g/mol. The number of nitrogens with one attached hydrogen (secondary N) is 1. The largest absolute Gasteiger partial charge is 0.374 e. The average Bonchev–Trinajstić information content (AvgIpc) is 2.42. The lowest BCUT2D eigenvalue weighted by Crippen LogP contribution is -2.28. The van der Waals surface area contributed by atoms with Gasteiger partial charge in [0.15, 0.2) is 0 Å². The smallest absolute Gasteiger partial charge is 0.223 e. The molecule has 0 bridgehead atoms. The molecule has 1 aromatic carbocycles. The fourth-order valence-electron chi connectivity index (χ4n) is 1.57. The van der Waals surface area contributed by atoms with Gasteiger partial charge in [0, 0.05) is 12.5 Å². The number of carbonyl (C=O) groups excluding carboxylic acids is 1. The number of rotatable bonds is 7. The molecule has 0 saturated heterocycles. The summed E-state index contributed by atoms with van der Waals surface area (Å²) in [6, 6.07) is 8.17. The van der Waals surface area contributed by atoms with Crippen molar-refractivity contribution in [1.82, 2.24) is 5.32 Å². The first-order valence-electron chi connectivity index (χ1n) is 7.00. The minimum absolute atomic E-state index is 0.0821. The Hall–Kier alpha value is -1.35. The maximum Gasteiger partial charge on any atom is 0.223 e. The van der Waals surface area contributed by atoms with E-state index in [9.17, 15) is 4.79 Å². The quantitative estimate of drug-likeness (QED) is 0.820. The van der Waals surface area contributed by atoms with E-state index in [1.165, 1.54) is 0 Å². The third kappa shape index (κ3) is 5.88. The van der Waals surface area contributed by atoms with E-state index >= 15 is 0 Å². The SMILES string of the molecule is CCC(C)C(=O)NCc1ccc(COC(C)C)cc1. The zero-order chi connectivity index (χ0) is 14.3. The Balaban J connectivity index is 2.42. The van der Waals surface area contributed by atoms with Gasteiger partial charge in [-0.3, -0.25) is 4.79 Å². The number of hydrogen-bond acceptors (Lipinski definition) is 2. The zero-order valence-corrected chi connectivity index (χ0v) is 12.4. The van der Waals surface area contributed by atoms with Crippen molar-refractivity contribution in [2.24, 2.45) is 5.92 Å². The van der Waals surface area contributed by atoms with E-state index in [-0.39, 0.29) is 17.9 Å². The van der Waals surface area contributed by atoms with E-state index in [0.29, 0.717) is 13.2 Å². The van der Waals surface area contributed by atoms with E-state index in [1.807, 2.05) is 52.0 Å². The Labute approximate surface area is 116 Å². The van der Waals surface area contributed by atoms with Crippen LogP contribution in [0.5, 0.6) is 0 Å². The summed E-state index contributed by atoms with van der Waals surface area (Å²) in [6.45, 7) is 9.25. The van der Waals surface area contributed by atoms with Crippen LogP contribution >= 0.6 is 0 Å². The zero-order valence-electron chi connectivity index (χ0n) is 12.4. The molecular formula is C16H25NO2. The highest BCUT2D eigenvalue weighted by Crippen LogP contribution is 2.08. The molecule has 106 valence electrons. The van der Waals surface area contributed by atoms with E-state index < -0.39 is 0 Å². The number of hydrogen-bond donors (Lipinski definition) is 1. The van der Waals surface area contributed by atoms with Gasteiger partial charge in [0.1, 0.15) is 0 Å². The van der Waals surface area contributed by atoms with Crippen molar-refractivity contribution in [1.29, 1.82) is 0 Å². The van der Waals surface area contributed by atoms with Crippen LogP contribution in [0.2, 0.25) is 0 Å².